The molecule has 9 nitrogen and oxygen atoms in total. The van der Waals surface area contributed by atoms with Crippen LogP contribution >= 0.6 is 11.3 Å². The van der Waals surface area contributed by atoms with E-state index in [2.05, 4.69) is 25.5 Å². The largest absolute Gasteiger partial charge is 0.492 e. The SMILES string of the molecule is CCOc1cc2[nH]ncc2cc1Nc1ncnc2sc3c(c12)CCC(C(=O)N(C)CCO)C3. The molecule has 1 atom stereocenters. The highest BCUT2D eigenvalue weighted by molar-refractivity contribution is 7.19. The van der Waals surface area contributed by atoms with Crippen LogP contribution in [0, 0.1) is 5.92 Å². The fraction of sp³-hybridized carbons (Fsp3) is 0.391. The zero-order chi connectivity index (χ0) is 22.9. The minimum absolute atomic E-state index is 0.0257. The summed E-state index contributed by atoms with van der Waals surface area (Å²) in [4.78, 5) is 25.6. The molecule has 3 aromatic heterocycles. The lowest BCUT2D eigenvalue weighted by Gasteiger charge is -2.26. The lowest BCUT2D eigenvalue weighted by atomic mass is 9.87. The molecule has 1 unspecified atom stereocenters. The Morgan fingerprint density at radius 2 is 2.27 bits per heavy atom. The predicted molar refractivity (Wildman–Crippen MR) is 128 cm³/mol. The standard InChI is InChI=1S/C23H26N6O3S/c1-3-32-18-10-16-14(11-26-28-16)8-17(18)27-21-20-15-5-4-13(23(31)29(2)6-7-30)9-19(15)33-22(20)25-12-24-21/h8,10-13,30H,3-7,9H2,1-2H3,(H,26,28)(H,24,25,27). The van der Waals surface area contributed by atoms with E-state index in [1.165, 1.54) is 10.4 Å². The van der Waals surface area contributed by atoms with E-state index in [4.69, 9.17) is 9.84 Å². The van der Waals surface area contributed by atoms with Gasteiger partial charge in [-0.25, -0.2) is 9.97 Å². The number of nitrogens with zero attached hydrogens (tertiary/aromatic N) is 4. The van der Waals surface area contributed by atoms with Gasteiger partial charge in [0.1, 0.15) is 22.7 Å². The number of benzene rings is 1. The lowest BCUT2D eigenvalue weighted by molar-refractivity contribution is -0.135. The van der Waals surface area contributed by atoms with Crippen molar-refractivity contribution in [1.82, 2.24) is 25.1 Å². The van der Waals surface area contributed by atoms with Crippen molar-refractivity contribution in [3.63, 3.8) is 0 Å². The van der Waals surface area contributed by atoms with Crippen LogP contribution in [-0.4, -0.2) is 62.9 Å². The Hall–Kier alpha value is -3.24. The number of fused-ring (bicyclic) bond motifs is 4. The molecule has 0 bridgehead atoms. The number of rotatable bonds is 7. The first-order valence-electron chi connectivity index (χ1n) is 11.1. The maximum atomic E-state index is 12.8. The molecule has 0 fully saturated rings. The van der Waals surface area contributed by atoms with Gasteiger partial charge < -0.3 is 20.1 Å². The summed E-state index contributed by atoms with van der Waals surface area (Å²) in [6.07, 6.45) is 5.60. The summed E-state index contributed by atoms with van der Waals surface area (Å²) in [6, 6.07) is 3.94. The van der Waals surface area contributed by atoms with Gasteiger partial charge in [0.15, 0.2) is 0 Å². The summed E-state index contributed by atoms with van der Waals surface area (Å²) < 4.78 is 5.86. The second-order valence-electron chi connectivity index (χ2n) is 8.19. The minimum Gasteiger partial charge on any atom is -0.492 e. The highest BCUT2D eigenvalue weighted by Gasteiger charge is 2.30. The highest BCUT2D eigenvalue weighted by atomic mass is 32.1. The van der Waals surface area contributed by atoms with Crippen molar-refractivity contribution < 1.29 is 14.6 Å². The van der Waals surface area contributed by atoms with Gasteiger partial charge in [0.2, 0.25) is 5.91 Å². The molecule has 3 N–H and O–H groups in total. The highest BCUT2D eigenvalue weighted by Crippen LogP contribution is 2.41. The maximum Gasteiger partial charge on any atom is 0.225 e. The fourth-order valence-electron chi connectivity index (χ4n) is 4.46. The number of aliphatic hydroxyl groups excluding tert-OH is 1. The number of amides is 1. The number of carbonyl (C=O) groups is 1. The summed E-state index contributed by atoms with van der Waals surface area (Å²) in [5.74, 6) is 1.48. The molecule has 1 aliphatic carbocycles. The van der Waals surface area contributed by atoms with Crippen LogP contribution in [0.4, 0.5) is 11.5 Å². The van der Waals surface area contributed by atoms with E-state index in [1.807, 2.05) is 19.1 Å². The van der Waals surface area contributed by atoms with Gasteiger partial charge in [0.25, 0.3) is 0 Å². The number of aromatic amines is 1. The van der Waals surface area contributed by atoms with Gasteiger partial charge in [-0.1, -0.05) is 0 Å². The molecule has 5 rings (SSSR count). The summed E-state index contributed by atoms with van der Waals surface area (Å²) >= 11 is 1.63. The van der Waals surface area contributed by atoms with Gasteiger partial charge in [-0.2, -0.15) is 5.10 Å². The molecular weight excluding hydrogens is 440 g/mol. The fourth-order valence-corrected chi connectivity index (χ4v) is 5.73. The average Bonchev–Trinajstić information content (AvgIpc) is 3.42. The Bertz CT molecular complexity index is 1320. The smallest absolute Gasteiger partial charge is 0.225 e. The number of thiophene rings is 1. The number of hydrogen-bond acceptors (Lipinski definition) is 8. The molecule has 0 spiro atoms. The number of hydrogen-bond donors (Lipinski definition) is 3. The predicted octanol–water partition coefficient (Wildman–Crippen LogP) is 3.27. The number of aryl methyl sites for hydroxylation is 1. The Morgan fingerprint density at radius 3 is 3.09 bits per heavy atom. The topological polar surface area (TPSA) is 116 Å². The Morgan fingerprint density at radius 1 is 1.39 bits per heavy atom. The number of ether oxygens (including phenoxy) is 1. The van der Waals surface area contributed by atoms with Crippen molar-refractivity contribution in [2.75, 3.05) is 32.1 Å². The third-order valence-electron chi connectivity index (χ3n) is 6.10. The van der Waals surface area contributed by atoms with Crippen molar-refractivity contribution in [1.29, 1.82) is 0 Å². The third kappa shape index (κ3) is 4.00. The third-order valence-corrected chi connectivity index (χ3v) is 7.26. The van der Waals surface area contributed by atoms with Crippen LogP contribution in [0.3, 0.4) is 0 Å². The molecular formula is C23H26N6O3S. The van der Waals surface area contributed by atoms with Gasteiger partial charge >= 0.3 is 0 Å². The first kappa shape index (κ1) is 21.6. The number of likely N-dealkylation sites (N-methyl/N-ethyl adjacent to an activating group) is 1. The van der Waals surface area contributed by atoms with Crippen molar-refractivity contribution in [3.8, 4) is 5.75 Å². The first-order chi connectivity index (χ1) is 16.1. The maximum absolute atomic E-state index is 12.8. The zero-order valence-corrected chi connectivity index (χ0v) is 19.4. The molecule has 0 aliphatic heterocycles. The van der Waals surface area contributed by atoms with Gasteiger partial charge in [-0.15, -0.1) is 11.3 Å². The first-order valence-corrected chi connectivity index (χ1v) is 11.9. The average molecular weight is 467 g/mol. The van der Waals surface area contributed by atoms with Crippen LogP contribution in [0.25, 0.3) is 21.1 Å². The number of carbonyl (C=O) groups excluding carboxylic acids is 1. The molecule has 0 radical (unpaired) electrons. The molecule has 1 aliphatic rings. The summed E-state index contributed by atoms with van der Waals surface area (Å²) in [6.45, 7) is 2.83. The van der Waals surface area contributed by atoms with E-state index < -0.39 is 0 Å². The molecule has 172 valence electrons. The number of H-pyrrole nitrogens is 1. The lowest BCUT2D eigenvalue weighted by Crippen LogP contribution is -2.37. The van der Waals surface area contributed by atoms with E-state index in [0.29, 0.717) is 19.6 Å². The molecule has 10 heteroatoms. The summed E-state index contributed by atoms with van der Waals surface area (Å²) in [5.41, 5.74) is 2.95. The second-order valence-corrected chi connectivity index (χ2v) is 9.28. The molecule has 1 amide bonds. The molecule has 33 heavy (non-hydrogen) atoms. The Balaban J connectivity index is 1.49. The second kappa shape index (κ2) is 8.95. The van der Waals surface area contributed by atoms with Crippen molar-refractivity contribution in [2.24, 2.45) is 5.92 Å². The zero-order valence-electron chi connectivity index (χ0n) is 18.6. The van der Waals surface area contributed by atoms with Gasteiger partial charge in [0.05, 0.1) is 36.0 Å². The molecule has 1 aromatic carbocycles. The number of aromatic nitrogens is 4. The molecule has 0 saturated carbocycles. The quantitative estimate of drug-likeness (QED) is 0.383. The van der Waals surface area contributed by atoms with E-state index in [-0.39, 0.29) is 18.4 Å². The van der Waals surface area contributed by atoms with Crippen molar-refractivity contribution in [2.45, 2.75) is 26.2 Å². The monoisotopic (exact) mass is 466 g/mol. The van der Waals surface area contributed by atoms with E-state index >= 15 is 0 Å². The summed E-state index contributed by atoms with van der Waals surface area (Å²) in [7, 11) is 1.75. The van der Waals surface area contributed by atoms with Crippen LogP contribution in [0.15, 0.2) is 24.7 Å². The van der Waals surface area contributed by atoms with Crippen molar-refractivity contribution in [3.05, 3.63) is 35.1 Å². The number of aliphatic hydroxyl groups is 1. The van der Waals surface area contributed by atoms with E-state index in [0.717, 1.165) is 51.2 Å². The van der Waals surface area contributed by atoms with Gasteiger partial charge in [0, 0.05) is 35.8 Å². The molecule has 3 heterocycles. The van der Waals surface area contributed by atoms with Gasteiger partial charge in [-0.05, 0) is 37.8 Å². The normalized spacial score (nSPS) is 15.5. The van der Waals surface area contributed by atoms with E-state index in [1.54, 1.807) is 35.8 Å². The molecule has 4 aromatic rings. The summed E-state index contributed by atoms with van der Waals surface area (Å²) in [5, 5.41) is 21.7. The minimum atomic E-state index is -0.0699. The van der Waals surface area contributed by atoms with Gasteiger partial charge in [-0.3, -0.25) is 9.89 Å². The van der Waals surface area contributed by atoms with Crippen LogP contribution in [0.5, 0.6) is 5.75 Å². The van der Waals surface area contributed by atoms with Crippen LogP contribution in [0.1, 0.15) is 23.8 Å². The Labute approximate surface area is 194 Å². The molecule has 0 saturated heterocycles. The van der Waals surface area contributed by atoms with Crippen LogP contribution < -0.4 is 10.1 Å². The number of anilines is 2. The number of nitrogens with one attached hydrogen (secondary N) is 2. The van der Waals surface area contributed by atoms with Crippen molar-refractivity contribution >= 4 is 49.9 Å². The Kier molecular flexibility index (Phi) is 5.86. The van der Waals surface area contributed by atoms with E-state index in [9.17, 15) is 4.79 Å². The van der Waals surface area contributed by atoms with Crippen LogP contribution in [0.2, 0.25) is 0 Å². The van der Waals surface area contributed by atoms with Crippen LogP contribution in [-0.2, 0) is 17.6 Å².